The normalized spacial score (nSPS) is 12.6. The van der Waals surface area contributed by atoms with Crippen molar-refractivity contribution >= 4 is 11.8 Å². The van der Waals surface area contributed by atoms with Crippen molar-refractivity contribution in [1.82, 2.24) is 15.1 Å². The van der Waals surface area contributed by atoms with Crippen LogP contribution in [-0.2, 0) is 6.54 Å². The third-order valence-corrected chi connectivity index (χ3v) is 4.10. The molecule has 108 valence electrons. The fourth-order valence-corrected chi connectivity index (χ4v) is 2.62. The molecule has 0 aliphatic carbocycles. The van der Waals surface area contributed by atoms with Crippen LogP contribution < -0.4 is 5.32 Å². The molecule has 0 saturated heterocycles. The monoisotopic (exact) mass is 289 g/mol. The Morgan fingerprint density at radius 3 is 2.50 bits per heavy atom. The molecule has 0 amide bonds. The van der Waals surface area contributed by atoms with Crippen LogP contribution in [0.4, 0.5) is 0 Å². The van der Waals surface area contributed by atoms with E-state index in [1.54, 1.807) is 11.8 Å². The Morgan fingerprint density at radius 2 is 1.95 bits per heavy atom. The van der Waals surface area contributed by atoms with E-state index in [9.17, 15) is 0 Å². The van der Waals surface area contributed by atoms with Crippen LogP contribution in [0.5, 0.6) is 0 Å². The maximum atomic E-state index is 4.40. The number of thioether (sulfide) groups is 1. The summed E-state index contributed by atoms with van der Waals surface area (Å²) < 4.78 is 1.98. The summed E-state index contributed by atoms with van der Waals surface area (Å²) in [7, 11) is 0. The Kier molecular flexibility index (Phi) is 5.68. The lowest BCUT2D eigenvalue weighted by atomic mass is 10.0. The third-order valence-electron chi connectivity index (χ3n) is 3.36. The molecule has 1 aromatic carbocycles. The van der Waals surface area contributed by atoms with Crippen LogP contribution in [0.2, 0.25) is 0 Å². The molecular weight excluding hydrogens is 266 g/mol. The highest BCUT2D eigenvalue weighted by Gasteiger charge is 2.15. The summed E-state index contributed by atoms with van der Waals surface area (Å²) in [6.07, 6.45) is 7.34. The lowest BCUT2D eigenvalue weighted by molar-refractivity contribution is 0.596. The SMILES string of the molecule is CCCNC(c1ccc(SC)cc1)c1cnn(CC)c1. The van der Waals surface area contributed by atoms with E-state index in [1.807, 2.05) is 10.9 Å². The molecule has 0 saturated carbocycles. The molecular formula is C16H23N3S. The van der Waals surface area contributed by atoms with Crippen LogP contribution in [0.25, 0.3) is 0 Å². The first-order valence-corrected chi connectivity index (χ1v) is 8.40. The number of aromatic nitrogens is 2. The fourth-order valence-electron chi connectivity index (χ4n) is 2.21. The number of rotatable bonds is 7. The zero-order chi connectivity index (χ0) is 14.4. The van der Waals surface area contributed by atoms with Crippen molar-refractivity contribution in [2.24, 2.45) is 0 Å². The minimum absolute atomic E-state index is 0.228. The molecule has 0 aliphatic heterocycles. The van der Waals surface area contributed by atoms with Crippen molar-refractivity contribution in [3.63, 3.8) is 0 Å². The summed E-state index contributed by atoms with van der Waals surface area (Å²) in [5, 5.41) is 8.01. The second-order valence-electron chi connectivity index (χ2n) is 4.79. The van der Waals surface area contributed by atoms with E-state index in [0.29, 0.717) is 0 Å². The van der Waals surface area contributed by atoms with Gasteiger partial charge in [-0.05, 0) is 43.8 Å². The van der Waals surface area contributed by atoms with E-state index in [4.69, 9.17) is 0 Å². The second-order valence-corrected chi connectivity index (χ2v) is 5.67. The Balaban J connectivity index is 2.25. The second kappa shape index (κ2) is 7.50. The summed E-state index contributed by atoms with van der Waals surface area (Å²) in [6, 6.07) is 9.02. The van der Waals surface area contributed by atoms with Gasteiger partial charge >= 0.3 is 0 Å². The zero-order valence-corrected chi connectivity index (χ0v) is 13.3. The summed E-state index contributed by atoms with van der Waals surface area (Å²) >= 11 is 1.77. The highest BCUT2D eigenvalue weighted by molar-refractivity contribution is 7.98. The van der Waals surface area contributed by atoms with Crippen LogP contribution in [0, 0.1) is 0 Å². The molecule has 2 rings (SSSR count). The molecule has 3 nitrogen and oxygen atoms in total. The maximum Gasteiger partial charge on any atom is 0.0607 e. The van der Waals surface area contributed by atoms with Gasteiger partial charge in [0.1, 0.15) is 0 Å². The van der Waals surface area contributed by atoms with Crippen LogP contribution in [0.1, 0.15) is 37.4 Å². The number of hydrogen-bond donors (Lipinski definition) is 1. The fraction of sp³-hybridized carbons (Fsp3) is 0.438. The smallest absolute Gasteiger partial charge is 0.0607 e. The molecule has 1 atom stereocenters. The molecule has 20 heavy (non-hydrogen) atoms. The largest absolute Gasteiger partial charge is 0.306 e. The molecule has 0 aliphatic rings. The van der Waals surface area contributed by atoms with E-state index in [1.165, 1.54) is 16.0 Å². The molecule has 0 bridgehead atoms. The van der Waals surface area contributed by atoms with Gasteiger partial charge in [-0.25, -0.2) is 0 Å². The van der Waals surface area contributed by atoms with Crippen molar-refractivity contribution in [2.75, 3.05) is 12.8 Å². The standard InChI is InChI=1S/C16H23N3S/c1-4-10-17-16(14-11-18-19(5-2)12-14)13-6-8-15(20-3)9-7-13/h6-9,11-12,16-17H,4-5,10H2,1-3H3. The summed E-state index contributed by atoms with van der Waals surface area (Å²) in [6.45, 7) is 6.22. The molecule has 1 aromatic heterocycles. The Morgan fingerprint density at radius 1 is 1.20 bits per heavy atom. The van der Waals surface area contributed by atoms with E-state index < -0.39 is 0 Å². The molecule has 4 heteroatoms. The van der Waals surface area contributed by atoms with Gasteiger partial charge in [0.15, 0.2) is 0 Å². The molecule has 0 fully saturated rings. The lowest BCUT2D eigenvalue weighted by Crippen LogP contribution is -2.22. The topological polar surface area (TPSA) is 29.9 Å². The van der Waals surface area contributed by atoms with Gasteiger partial charge in [-0.3, -0.25) is 4.68 Å². The number of benzene rings is 1. The maximum absolute atomic E-state index is 4.40. The van der Waals surface area contributed by atoms with Gasteiger partial charge in [0, 0.05) is 23.2 Å². The molecule has 1 unspecified atom stereocenters. The third kappa shape index (κ3) is 3.64. The van der Waals surface area contributed by atoms with Gasteiger partial charge in [-0.15, -0.1) is 11.8 Å². The zero-order valence-electron chi connectivity index (χ0n) is 12.5. The van der Waals surface area contributed by atoms with Gasteiger partial charge in [0.25, 0.3) is 0 Å². The van der Waals surface area contributed by atoms with Gasteiger partial charge in [-0.2, -0.15) is 5.10 Å². The highest BCUT2D eigenvalue weighted by atomic mass is 32.2. The first-order valence-electron chi connectivity index (χ1n) is 7.18. The number of nitrogens with one attached hydrogen (secondary N) is 1. The van der Waals surface area contributed by atoms with E-state index in [2.05, 4.69) is 61.0 Å². The van der Waals surface area contributed by atoms with Crippen LogP contribution in [0.3, 0.4) is 0 Å². The Bertz CT molecular complexity index is 519. The van der Waals surface area contributed by atoms with E-state index >= 15 is 0 Å². The Labute approximate surface area is 125 Å². The highest BCUT2D eigenvalue weighted by Crippen LogP contribution is 2.24. The minimum Gasteiger partial charge on any atom is -0.306 e. The summed E-state index contributed by atoms with van der Waals surface area (Å²) in [5.41, 5.74) is 2.53. The Hall–Kier alpha value is -1.26. The van der Waals surface area contributed by atoms with Gasteiger partial charge in [0.2, 0.25) is 0 Å². The predicted molar refractivity (Wildman–Crippen MR) is 86.3 cm³/mol. The van der Waals surface area contributed by atoms with Crippen LogP contribution in [0.15, 0.2) is 41.6 Å². The molecule has 1 heterocycles. The average Bonchev–Trinajstić information content (AvgIpc) is 2.97. The molecule has 0 radical (unpaired) electrons. The predicted octanol–water partition coefficient (Wildman–Crippen LogP) is 3.71. The lowest BCUT2D eigenvalue weighted by Gasteiger charge is -2.18. The molecule has 1 N–H and O–H groups in total. The van der Waals surface area contributed by atoms with Crippen LogP contribution in [-0.4, -0.2) is 22.6 Å². The van der Waals surface area contributed by atoms with Crippen LogP contribution >= 0.6 is 11.8 Å². The number of aryl methyl sites for hydroxylation is 1. The van der Waals surface area contributed by atoms with Gasteiger partial charge in [0.05, 0.1) is 12.2 Å². The quantitative estimate of drug-likeness (QED) is 0.788. The van der Waals surface area contributed by atoms with Crippen molar-refractivity contribution in [3.8, 4) is 0 Å². The van der Waals surface area contributed by atoms with E-state index in [0.717, 1.165) is 19.5 Å². The summed E-state index contributed by atoms with van der Waals surface area (Å²) in [5.74, 6) is 0. The van der Waals surface area contributed by atoms with Crippen molar-refractivity contribution < 1.29 is 0 Å². The number of nitrogens with zero attached hydrogens (tertiary/aromatic N) is 2. The summed E-state index contributed by atoms with van der Waals surface area (Å²) in [4.78, 5) is 1.30. The average molecular weight is 289 g/mol. The van der Waals surface area contributed by atoms with Gasteiger partial charge < -0.3 is 5.32 Å². The number of hydrogen-bond acceptors (Lipinski definition) is 3. The van der Waals surface area contributed by atoms with Crippen molar-refractivity contribution in [3.05, 3.63) is 47.8 Å². The first-order chi connectivity index (χ1) is 9.78. The van der Waals surface area contributed by atoms with Gasteiger partial charge in [-0.1, -0.05) is 19.1 Å². The van der Waals surface area contributed by atoms with Crippen molar-refractivity contribution in [1.29, 1.82) is 0 Å². The van der Waals surface area contributed by atoms with E-state index in [-0.39, 0.29) is 6.04 Å². The molecule has 0 spiro atoms. The molecule has 2 aromatic rings. The van der Waals surface area contributed by atoms with Crippen molar-refractivity contribution in [2.45, 2.75) is 37.8 Å². The first kappa shape index (κ1) is 15.1. The minimum atomic E-state index is 0.228.